The minimum atomic E-state index is -0.727. The number of ether oxygens (including phenoxy) is 1. The van der Waals surface area contributed by atoms with Crippen LogP contribution in [0, 0.1) is 5.82 Å². The summed E-state index contributed by atoms with van der Waals surface area (Å²) >= 11 is -1.38. The van der Waals surface area contributed by atoms with E-state index in [1.165, 1.54) is 13.2 Å². The van der Waals surface area contributed by atoms with Gasteiger partial charge in [0.05, 0.1) is 0 Å². The van der Waals surface area contributed by atoms with Crippen molar-refractivity contribution in [1.29, 1.82) is 0 Å². The van der Waals surface area contributed by atoms with E-state index in [4.69, 9.17) is 6.13 Å². The van der Waals surface area contributed by atoms with E-state index in [0.29, 0.717) is 23.4 Å². The molecule has 4 heterocycles. The number of aromatic amines is 1. The third-order valence-electron chi connectivity index (χ3n) is 4.81. The average molecular weight is 635 g/mol. The Kier molecular flexibility index (Phi) is 5.41. The number of H-pyrrole nitrogens is 1. The Morgan fingerprint density at radius 2 is 2.27 bits per heavy atom. The van der Waals surface area contributed by atoms with E-state index in [1.54, 1.807) is 24.5 Å². The fraction of sp³-hybridized carbons (Fsp3) is 0.158. The predicted molar refractivity (Wildman–Crippen MR) is 99.9 cm³/mol. The summed E-state index contributed by atoms with van der Waals surface area (Å²) in [5.41, 5.74) is 4.78. The molecule has 1 amide bonds. The summed E-state index contributed by atoms with van der Waals surface area (Å²) in [5, 5.41) is 6.31. The molecule has 0 fully saturated rings. The van der Waals surface area contributed by atoms with Crippen LogP contribution in [0.3, 0.4) is 0 Å². The van der Waals surface area contributed by atoms with Crippen molar-refractivity contribution in [2.24, 2.45) is 0 Å². The van der Waals surface area contributed by atoms with Gasteiger partial charge in [-0.2, -0.15) is 0 Å². The van der Waals surface area contributed by atoms with Crippen molar-refractivity contribution in [3.05, 3.63) is 53.7 Å². The number of aromatic nitrogens is 2. The molecule has 158 valence electrons. The molecule has 3 aromatic rings. The molecule has 30 heavy (non-hydrogen) atoms. The first kappa shape index (κ1) is 19.8. The number of nitrogens with zero attached hydrogens (tertiary/aromatic N) is 1. The maximum atomic E-state index is 14.3. The molecular formula is C19H16FI2N5O3-2. The van der Waals surface area contributed by atoms with Crippen LogP contribution in [0.1, 0.15) is 16.1 Å². The van der Waals surface area contributed by atoms with E-state index in [1.807, 2.05) is 6.07 Å². The van der Waals surface area contributed by atoms with Gasteiger partial charge in [0.15, 0.2) is 0 Å². The number of fused-ring (bicyclic) bond motifs is 4. The molecule has 0 radical (unpaired) electrons. The summed E-state index contributed by atoms with van der Waals surface area (Å²) in [5.74, 6) is -0.565. The molecule has 0 spiro atoms. The number of methoxy groups -OCH3 is 1. The molecule has 0 saturated heterocycles. The third kappa shape index (κ3) is 3.47. The number of carbonyl (C=O) groups excluding carboxylic acids is 1. The Hall–Kier alpha value is -2.13. The summed E-state index contributed by atoms with van der Waals surface area (Å²) in [6.45, 7) is 0. The minimum absolute atomic E-state index is 0.00677. The van der Waals surface area contributed by atoms with Crippen LogP contribution in [0.4, 0.5) is 21.5 Å². The molecule has 11 heteroatoms. The van der Waals surface area contributed by atoms with E-state index in [2.05, 4.69) is 24.1 Å². The van der Waals surface area contributed by atoms with Gasteiger partial charge < -0.3 is 0 Å². The van der Waals surface area contributed by atoms with Gasteiger partial charge in [-0.3, -0.25) is 0 Å². The number of rotatable bonds is 3. The molecule has 3 bridgehead atoms. The number of pyridine rings is 1. The van der Waals surface area contributed by atoms with Gasteiger partial charge in [-0.25, -0.2) is 0 Å². The van der Waals surface area contributed by atoms with Crippen LogP contribution in [0.15, 0.2) is 36.7 Å². The van der Waals surface area contributed by atoms with Crippen molar-refractivity contribution in [2.75, 3.05) is 16.0 Å². The molecule has 4 N–H and O–H groups in total. The summed E-state index contributed by atoms with van der Waals surface area (Å²) < 4.78 is 28.8. The monoisotopic (exact) mass is 635 g/mol. The standard InChI is InChI=1S/C19H16FI2N5O3/c1-29-18-10(20)3-2-4-11(18)24-17-15-12-7-14(26-19(15)28)21-30-22-27-13-8-23-6-5-9(13)16(17)25-12/h2-6,8,14,24-25,27H,7H2,1H3,(H,26,28)/q-2. The van der Waals surface area contributed by atoms with Crippen molar-refractivity contribution >= 4 is 23.0 Å². The number of halogens is 3. The fourth-order valence-electron chi connectivity index (χ4n) is 3.53. The number of para-hydroxylation sites is 1. The number of nitrogens with one attached hydrogen (secondary N) is 4. The van der Waals surface area contributed by atoms with Gasteiger partial charge in [-0.05, 0) is 0 Å². The second kappa shape index (κ2) is 8.19. The average Bonchev–Trinajstić information content (AvgIpc) is 3.08. The van der Waals surface area contributed by atoms with E-state index >= 15 is 0 Å². The Morgan fingerprint density at radius 3 is 3.13 bits per heavy atom. The van der Waals surface area contributed by atoms with Gasteiger partial charge in [0.2, 0.25) is 0 Å². The van der Waals surface area contributed by atoms with Crippen LogP contribution in [-0.4, -0.2) is 27.0 Å². The third-order valence-corrected chi connectivity index (χ3v) is 9.74. The summed E-state index contributed by atoms with van der Waals surface area (Å²) in [6.07, 6.45) is 4.10. The van der Waals surface area contributed by atoms with Gasteiger partial charge in [-0.15, -0.1) is 0 Å². The van der Waals surface area contributed by atoms with Crippen molar-refractivity contribution in [1.82, 2.24) is 15.3 Å². The first-order chi connectivity index (χ1) is 14.7. The molecule has 5 rings (SSSR count). The Bertz CT molecular complexity index is 1140. The summed E-state index contributed by atoms with van der Waals surface area (Å²) in [4.78, 5) is 20.7. The number of amides is 1. The second-order valence-electron chi connectivity index (χ2n) is 6.56. The SMILES string of the molecule is COc1c(F)cccc1Nc1c2[nH]c3c1C(=O)NC(C3)[I-]O[I-]Nc1cnccc1-2. The second-order valence-corrected chi connectivity index (χ2v) is 12.1. The van der Waals surface area contributed by atoms with Crippen LogP contribution in [-0.2, 0) is 7.82 Å². The van der Waals surface area contributed by atoms with Crippen LogP contribution in [0.25, 0.3) is 11.3 Å². The summed E-state index contributed by atoms with van der Waals surface area (Å²) in [7, 11) is 1.42. The Balaban J connectivity index is 1.72. The van der Waals surface area contributed by atoms with E-state index in [0.717, 1.165) is 22.6 Å². The van der Waals surface area contributed by atoms with Crippen molar-refractivity contribution in [2.45, 2.75) is 10.5 Å². The van der Waals surface area contributed by atoms with Crippen molar-refractivity contribution in [3.63, 3.8) is 0 Å². The topological polar surface area (TPSA) is 100 Å². The van der Waals surface area contributed by atoms with Crippen molar-refractivity contribution < 1.29 is 58.8 Å². The van der Waals surface area contributed by atoms with Gasteiger partial charge in [-0.1, -0.05) is 0 Å². The zero-order valence-electron chi connectivity index (χ0n) is 15.6. The van der Waals surface area contributed by atoms with Gasteiger partial charge in [0, 0.05) is 0 Å². The molecule has 1 unspecified atom stereocenters. The predicted octanol–water partition coefficient (Wildman–Crippen LogP) is -3.05. The number of anilines is 3. The fourth-order valence-corrected chi connectivity index (χ4v) is 8.40. The summed E-state index contributed by atoms with van der Waals surface area (Å²) in [6, 6.07) is 6.52. The van der Waals surface area contributed by atoms with Crippen molar-refractivity contribution in [3.8, 4) is 17.0 Å². The number of hydrogen-bond acceptors (Lipinski definition) is 6. The molecule has 0 saturated carbocycles. The molecule has 1 atom stereocenters. The van der Waals surface area contributed by atoms with E-state index in [9.17, 15) is 9.18 Å². The van der Waals surface area contributed by atoms with Crippen LogP contribution in [0.2, 0.25) is 0 Å². The molecule has 1 aromatic carbocycles. The van der Waals surface area contributed by atoms with Crippen LogP contribution >= 0.6 is 0 Å². The number of hydrogen-bond donors (Lipinski definition) is 4. The Labute approximate surface area is 193 Å². The number of benzene rings is 1. The first-order valence-corrected chi connectivity index (χ1v) is 13.0. The van der Waals surface area contributed by atoms with Crippen LogP contribution in [0.5, 0.6) is 5.75 Å². The quantitative estimate of drug-likeness (QED) is 0.106. The molecule has 2 aromatic heterocycles. The van der Waals surface area contributed by atoms with Gasteiger partial charge in [0.1, 0.15) is 0 Å². The molecular weight excluding hydrogens is 619 g/mol. The maximum absolute atomic E-state index is 14.3. The van der Waals surface area contributed by atoms with Gasteiger partial charge in [0.25, 0.3) is 0 Å². The zero-order chi connectivity index (χ0) is 20.7. The Morgan fingerprint density at radius 1 is 1.37 bits per heavy atom. The zero-order valence-corrected chi connectivity index (χ0v) is 19.9. The normalized spacial score (nSPS) is 17.9. The van der Waals surface area contributed by atoms with Gasteiger partial charge >= 0.3 is 194 Å². The molecule has 0 aliphatic carbocycles. The van der Waals surface area contributed by atoms with E-state index < -0.39 is 49.3 Å². The molecule has 2 aliphatic rings. The molecule has 8 nitrogen and oxygen atoms in total. The van der Waals surface area contributed by atoms with E-state index in [-0.39, 0.29) is 15.7 Å². The molecule has 2 aliphatic heterocycles. The van der Waals surface area contributed by atoms with Crippen LogP contribution < -0.4 is 62.4 Å². The number of alkyl halides is 1. The number of carbonyl (C=O) groups is 1. The first-order valence-electron chi connectivity index (χ1n) is 8.94.